The highest BCUT2D eigenvalue weighted by molar-refractivity contribution is 5.60. The third-order valence-corrected chi connectivity index (χ3v) is 2.65. The molecule has 0 amide bonds. The summed E-state index contributed by atoms with van der Waals surface area (Å²) in [5.74, 6) is -1.04. The quantitative estimate of drug-likeness (QED) is 0.695. The molecule has 0 aliphatic heterocycles. The maximum absolute atomic E-state index is 12.6. The topological polar surface area (TPSA) is 33.1 Å². The molecular weight excluding hydrogens is 324 g/mol. The van der Waals surface area contributed by atoms with Crippen molar-refractivity contribution in [3.05, 3.63) is 47.7 Å². The Balaban J connectivity index is 0.00000127. The van der Waals surface area contributed by atoms with Gasteiger partial charge in [0, 0.05) is 5.56 Å². The fourth-order valence-electron chi connectivity index (χ4n) is 1.65. The predicted molar refractivity (Wildman–Crippen MR) is 72.7 cm³/mol. The normalized spacial score (nSPS) is 11.7. The Labute approximate surface area is 128 Å². The average Bonchev–Trinajstić information content (AvgIpc) is 2.48. The minimum Gasteiger partial charge on any atom is -0.506 e. The molecule has 0 aliphatic rings. The van der Waals surface area contributed by atoms with Crippen LogP contribution in [0.2, 0.25) is 0 Å². The van der Waals surface area contributed by atoms with Crippen molar-refractivity contribution in [1.29, 1.82) is 0 Å². The molecule has 23 heavy (non-hydrogen) atoms. The lowest BCUT2D eigenvalue weighted by atomic mass is 10.1. The molecule has 0 bridgehead atoms. The summed E-state index contributed by atoms with van der Waals surface area (Å²) < 4.78 is 75.0. The van der Waals surface area contributed by atoms with Gasteiger partial charge in [-0.15, -0.1) is 0 Å². The molecule has 2 rings (SSSR count). The van der Waals surface area contributed by atoms with Crippen LogP contribution in [0.4, 0.5) is 26.3 Å². The highest BCUT2D eigenvalue weighted by Crippen LogP contribution is 2.36. The van der Waals surface area contributed by atoms with E-state index in [1.165, 1.54) is 0 Å². The van der Waals surface area contributed by atoms with Crippen LogP contribution in [0.3, 0.4) is 0 Å². The van der Waals surface area contributed by atoms with Crippen LogP contribution in [0.5, 0.6) is 5.75 Å². The number of aromatic hydroxyl groups is 1. The molecule has 0 aliphatic carbocycles. The molecule has 0 unspecified atom stereocenters. The number of aromatic nitrogens is 1. The molecule has 0 saturated carbocycles. The van der Waals surface area contributed by atoms with Gasteiger partial charge >= 0.3 is 12.4 Å². The van der Waals surface area contributed by atoms with E-state index in [0.717, 1.165) is 36.4 Å². The number of halogens is 6. The van der Waals surface area contributed by atoms with Gasteiger partial charge in [-0.25, -0.2) is 4.98 Å². The van der Waals surface area contributed by atoms with Crippen LogP contribution >= 0.6 is 0 Å². The number of alkyl halides is 6. The molecule has 126 valence electrons. The molecule has 8 heteroatoms. The standard InChI is InChI=1S/C13H7F6NO.C2H6/c14-12(15,16)8-3-1-7(2-4-8)9-5-6-10(21)11(20-9)13(17,18)19;1-2/h1-6,21H;1-2H3. The van der Waals surface area contributed by atoms with Crippen LogP contribution in [0, 0.1) is 0 Å². The molecule has 0 saturated heterocycles. The van der Waals surface area contributed by atoms with E-state index in [-0.39, 0.29) is 11.3 Å². The zero-order valence-electron chi connectivity index (χ0n) is 12.1. The Kier molecular flexibility index (Phi) is 5.63. The maximum Gasteiger partial charge on any atom is 0.437 e. The highest BCUT2D eigenvalue weighted by atomic mass is 19.4. The Morgan fingerprint density at radius 1 is 0.783 bits per heavy atom. The fourth-order valence-corrected chi connectivity index (χ4v) is 1.65. The summed E-state index contributed by atoms with van der Waals surface area (Å²) in [5.41, 5.74) is -2.51. The second kappa shape index (κ2) is 6.89. The lowest BCUT2D eigenvalue weighted by Gasteiger charge is -2.11. The van der Waals surface area contributed by atoms with E-state index in [0.29, 0.717) is 0 Å². The molecule has 2 nitrogen and oxygen atoms in total. The van der Waals surface area contributed by atoms with Crippen molar-refractivity contribution < 1.29 is 31.4 Å². The van der Waals surface area contributed by atoms with Crippen LogP contribution < -0.4 is 0 Å². The first-order chi connectivity index (χ1) is 10.6. The number of rotatable bonds is 1. The molecular formula is C15H13F6NO. The summed E-state index contributed by atoms with van der Waals surface area (Å²) in [6.07, 6.45) is -9.38. The van der Waals surface area contributed by atoms with Gasteiger partial charge in [-0.3, -0.25) is 0 Å². The third-order valence-electron chi connectivity index (χ3n) is 2.65. The SMILES string of the molecule is CC.Oc1ccc(-c2ccc(C(F)(F)F)cc2)nc1C(F)(F)F. The molecule has 0 fully saturated rings. The van der Waals surface area contributed by atoms with E-state index in [2.05, 4.69) is 4.98 Å². The summed E-state index contributed by atoms with van der Waals surface area (Å²) in [6.45, 7) is 4.00. The van der Waals surface area contributed by atoms with Crippen molar-refractivity contribution in [1.82, 2.24) is 4.98 Å². The first-order valence-corrected chi connectivity index (χ1v) is 6.54. The van der Waals surface area contributed by atoms with E-state index < -0.39 is 29.4 Å². The Hall–Kier alpha value is -2.25. The fraction of sp³-hybridized carbons (Fsp3) is 0.267. The molecule has 0 atom stereocenters. The van der Waals surface area contributed by atoms with Gasteiger partial charge in [0.2, 0.25) is 0 Å². The van der Waals surface area contributed by atoms with Crippen molar-refractivity contribution in [3.63, 3.8) is 0 Å². The largest absolute Gasteiger partial charge is 0.506 e. The summed E-state index contributed by atoms with van der Waals surface area (Å²) >= 11 is 0. The Bertz CT molecular complexity index is 646. The van der Waals surface area contributed by atoms with Gasteiger partial charge in [0.25, 0.3) is 0 Å². The smallest absolute Gasteiger partial charge is 0.437 e. The second-order valence-corrected chi connectivity index (χ2v) is 4.14. The highest BCUT2D eigenvalue weighted by Gasteiger charge is 2.36. The molecule has 0 spiro atoms. The van der Waals surface area contributed by atoms with Crippen molar-refractivity contribution >= 4 is 0 Å². The van der Waals surface area contributed by atoms with Crippen LogP contribution in [-0.2, 0) is 12.4 Å². The van der Waals surface area contributed by atoms with Crippen LogP contribution in [0.1, 0.15) is 25.1 Å². The first-order valence-electron chi connectivity index (χ1n) is 6.54. The minimum atomic E-state index is -4.86. The zero-order valence-corrected chi connectivity index (χ0v) is 12.1. The summed E-state index contributed by atoms with van der Waals surface area (Å²) in [4.78, 5) is 3.25. The van der Waals surface area contributed by atoms with Crippen LogP contribution in [0.25, 0.3) is 11.3 Å². The predicted octanol–water partition coefficient (Wildman–Crippen LogP) is 5.52. The van der Waals surface area contributed by atoms with Crippen LogP contribution in [0.15, 0.2) is 36.4 Å². The number of nitrogens with zero attached hydrogens (tertiary/aromatic N) is 1. The van der Waals surface area contributed by atoms with Gasteiger partial charge in [0.1, 0.15) is 5.75 Å². The van der Waals surface area contributed by atoms with E-state index in [1.54, 1.807) is 0 Å². The van der Waals surface area contributed by atoms with Gasteiger partial charge in [-0.2, -0.15) is 26.3 Å². The number of benzene rings is 1. The van der Waals surface area contributed by atoms with Gasteiger partial charge in [-0.05, 0) is 24.3 Å². The van der Waals surface area contributed by atoms with Gasteiger partial charge in [0.15, 0.2) is 5.69 Å². The lowest BCUT2D eigenvalue weighted by molar-refractivity contribution is -0.142. The second-order valence-electron chi connectivity index (χ2n) is 4.14. The van der Waals surface area contributed by atoms with Gasteiger partial charge in [0.05, 0.1) is 11.3 Å². The van der Waals surface area contributed by atoms with E-state index >= 15 is 0 Å². The maximum atomic E-state index is 12.6. The lowest BCUT2D eigenvalue weighted by Crippen LogP contribution is -2.09. The molecule has 0 radical (unpaired) electrons. The number of hydrogen-bond acceptors (Lipinski definition) is 2. The van der Waals surface area contributed by atoms with E-state index in [9.17, 15) is 26.3 Å². The molecule has 1 heterocycles. The molecule has 2 aromatic rings. The minimum absolute atomic E-state index is 0.0773. The third kappa shape index (κ3) is 4.61. The zero-order chi connectivity index (χ0) is 17.8. The summed E-state index contributed by atoms with van der Waals surface area (Å²) in [5, 5.41) is 9.14. The summed E-state index contributed by atoms with van der Waals surface area (Å²) in [6, 6.07) is 5.41. The average molecular weight is 337 g/mol. The monoisotopic (exact) mass is 337 g/mol. The molecule has 1 aromatic heterocycles. The Morgan fingerprint density at radius 3 is 1.74 bits per heavy atom. The van der Waals surface area contributed by atoms with E-state index in [1.807, 2.05) is 13.8 Å². The summed E-state index contributed by atoms with van der Waals surface area (Å²) in [7, 11) is 0. The number of hydrogen-bond donors (Lipinski definition) is 1. The first kappa shape index (κ1) is 18.8. The Morgan fingerprint density at radius 2 is 1.30 bits per heavy atom. The van der Waals surface area contributed by atoms with Crippen molar-refractivity contribution in [2.45, 2.75) is 26.2 Å². The van der Waals surface area contributed by atoms with Gasteiger partial charge in [-0.1, -0.05) is 26.0 Å². The molecule has 1 N–H and O–H groups in total. The van der Waals surface area contributed by atoms with Crippen molar-refractivity contribution in [2.75, 3.05) is 0 Å². The van der Waals surface area contributed by atoms with Gasteiger partial charge < -0.3 is 5.11 Å². The van der Waals surface area contributed by atoms with Crippen molar-refractivity contribution in [2.24, 2.45) is 0 Å². The van der Waals surface area contributed by atoms with Crippen LogP contribution in [-0.4, -0.2) is 10.1 Å². The van der Waals surface area contributed by atoms with E-state index in [4.69, 9.17) is 5.11 Å². The number of pyridine rings is 1. The van der Waals surface area contributed by atoms with Crippen molar-refractivity contribution in [3.8, 4) is 17.0 Å². The molecule has 1 aromatic carbocycles.